The minimum absolute atomic E-state index is 0.0802. The van der Waals surface area contributed by atoms with Crippen LogP contribution in [0.25, 0.3) is 11.4 Å². The highest BCUT2D eigenvalue weighted by Gasteiger charge is 2.29. The number of nitrogens with zero attached hydrogens (tertiary/aromatic N) is 3. The van der Waals surface area contributed by atoms with Gasteiger partial charge in [0.25, 0.3) is 0 Å². The van der Waals surface area contributed by atoms with Crippen LogP contribution in [0, 0.1) is 12.8 Å². The van der Waals surface area contributed by atoms with E-state index in [1.54, 1.807) is 12.4 Å². The van der Waals surface area contributed by atoms with Gasteiger partial charge in [-0.25, -0.2) is 9.97 Å². The predicted octanol–water partition coefficient (Wildman–Crippen LogP) is 2.14. The van der Waals surface area contributed by atoms with Crippen molar-refractivity contribution in [1.29, 1.82) is 0 Å². The van der Waals surface area contributed by atoms with Crippen molar-refractivity contribution in [1.82, 2.24) is 14.5 Å². The van der Waals surface area contributed by atoms with Gasteiger partial charge in [0.1, 0.15) is 11.6 Å². The molecule has 1 amide bonds. The molecule has 1 aliphatic carbocycles. The molecule has 2 aromatic heterocycles. The molecular weight excluding hydrogens is 240 g/mol. The SMILES string of the molecule is Cc1cc(NC(=O)C2CC2)ncc1-c1nccn1C. The Kier molecular flexibility index (Phi) is 2.81. The first kappa shape index (κ1) is 11.9. The van der Waals surface area contributed by atoms with Gasteiger partial charge in [-0.2, -0.15) is 0 Å². The van der Waals surface area contributed by atoms with E-state index in [1.165, 1.54) is 0 Å². The Morgan fingerprint density at radius 1 is 1.42 bits per heavy atom. The lowest BCUT2D eigenvalue weighted by atomic mass is 10.1. The number of amides is 1. The second-order valence-electron chi connectivity index (χ2n) is 5.01. The molecule has 0 aromatic carbocycles. The van der Waals surface area contributed by atoms with Crippen molar-refractivity contribution in [2.24, 2.45) is 13.0 Å². The summed E-state index contributed by atoms with van der Waals surface area (Å²) in [4.78, 5) is 20.3. The molecule has 98 valence electrons. The highest BCUT2D eigenvalue weighted by Crippen LogP contribution is 2.30. The number of anilines is 1. The van der Waals surface area contributed by atoms with Crippen LogP contribution < -0.4 is 5.32 Å². The van der Waals surface area contributed by atoms with Gasteiger partial charge in [-0.1, -0.05) is 0 Å². The lowest BCUT2D eigenvalue weighted by molar-refractivity contribution is -0.117. The van der Waals surface area contributed by atoms with Crippen molar-refractivity contribution < 1.29 is 4.79 Å². The van der Waals surface area contributed by atoms with Crippen LogP contribution in [-0.4, -0.2) is 20.4 Å². The van der Waals surface area contributed by atoms with E-state index in [0.29, 0.717) is 5.82 Å². The van der Waals surface area contributed by atoms with Crippen molar-refractivity contribution in [2.45, 2.75) is 19.8 Å². The summed E-state index contributed by atoms with van der Waals surface area (Å²) in [6.45, 7) is 2.00. The van der Waals surface area contributed by atoms with E-state index in [-0.39, 0.29) is 11.8 Å². The Morgan fingerprint density at radius 3 is 2.79 bits per heavy atom. The number of imidazole rings is 1. The molecule has 19 heavy (non-hydrogen) atoms. The molecule has 0 bridgehead atoms. The minimum atomic E-state index is 0.0802. The maximum atomic E-state index is 11.7. The highest BCUT2D eigenvalue weighted by atomic mass is 16.2. The Hall–Kier alpha value is -2.17. The lowest BCUT2D eigenvalue weighted by Crippen LogP contribution is -2.14. The Balaban J connectivity index is 1.85. The third-order valence-electron chi connectivity index (χ3n) is 3.37. The van der Waals surface area contributed by atoms with Gasteiger partial charge >= 0.3 is 0 Å². The zero-order chi connectivity index (χ0) is 13.4. The van der Waals surface area contributed by atoms with E-state index in [0.717, 1.165) is 29.8 Å². The number of carbonyl (C=O) groups is 1. The van der Waals surface area contributed by atoms with Gasteiger partial charge in [0.05, 0.1) is 0 Å². The van der Waals surface area contributed by atoms with Crippen molar-refractivity contribution in [3.05, 3.63) is 30.2 Å². The number of carbonyl (C=O) groups excluding carboxylic acids is 1. The molecule has 2 heterocycles. The number of hydrogen-bond acceptors (Lipinski definition) is 3. The fraction of sp³-hybridized carbons (Fsp3) is 0.357. The van der Waals surface area contributed by atoms with E-state index in [2.05, 4.69) is 15.3 Å². The molecular formula is C14H16N4O. The quantitative estimate of drug-likeness (QED) is 0.915. The first-order chi connectivity index (χ1) is 9.15. The number of aryl methyl sites for hydroxylation is 2. The largest absolute Gasteiger partial charge is 0.334 e. The van der Waals surface area contributed by atoms with Gasteiger partial charge in [0.15, 0.2) is 0 Å². The van der Waals surface area contributed by atoms with Crippen molar-refractivity contribution in [3.8, 4) is 11.4 Å². The lowest BCUT2D eigenvalue weighted by Gasteiger charge is -2.08. The topological polar surface area (TPSA) is 59.8 Å². The van der Waals surface area contributed by atoms with E-state index < -0.39 is 0 Å². The third kappa shape index (κ3) is 2.36. The molecule has 0 spiro atoms. The Bertz CT molecular complexity index is 628. The molecule has 0 unspecified atom stereocenters. The normalized spacial score (nSPS) is 14.4. The summed E-state index contributed by atoms with van der Waals surface area (Å²) < 4.78 is 1.95. The smallest absolute Gasteiger partial charge is 0.228 e. The third-order valence-corrected chi connectivity index (χ3v) is 3.37. The summed E-state index contributed by atoms with van der Waals surface area (Å²) in [5.74, 6) is 1.77. The second kappa shape index (κ2) is 4.50. The number of hydrogen-bond donors (Lipinski definition) is 1. The van der Waals surface area contributed by atoms with Gasteiger partial charge in [0, 0.05) is 37.1 Å². The molecule has 0 aliphatic heterocycles. The summed E-state index contributed by atoms with van der Waals surface area (Å²) in [6.07, 6.45) is 7.42. The molecule has 0 saturated heterocycles. The molecule has 2 aromatic rings. The minimum Gasteiger partial charge on any atom is -0.334 e. The zero-order valence-corrected chi connectivity index (χ0v) is 11.1. The molecule has 1 fully saturated rings. The van der Waals surface area contributed by atoms with Crippen LogP contribution in [-0.2, 0) is 11.8 Å². The summed E-state index contributed by atoms with van der Waals surface area (Å²) in [6, 6.07) is 1.89. The van der Waals surface area contributed by atoms with Gasteiger partial charge < -0.3 is 9.88 Å². The monoisotopic (exact) mass is 256 g/mol. The average molecular weight is 256 g/mol. The van der Waals surface area contributed by atoms with Crippen LogP contribution in [0.3, 0.4) is 0 Å². The summed E-state index contributed by atoms with van der Waals surface area (Å²) in [7, 11) is 1.95. The van der Waals surface area contributed by atoms with Gasteiger partial charge in [0.2, 0.25) is 5.91 Å². The fourth-order valence-corrected chi connectivity index (χ4v) is 2.06. The maximum Gasteiger partial charge on any atom is 0.228 e. The second-order valence-corrected chi connectivity index (χ2v) is 5.01. The number of aromatic nitrogens is 3. The van der Waals surface area contributed by atoms with Crippen LogP contribution in [0.5, 0.6) is 0 Å². The zero-order valence-electron chi connectivity index (χ0n) is 11.1. The summed E-state index contributed by atoms with van der Waals surface area (Å²) in [5, 5.41) is 2.85. The number of pyridine rings is 1. The molecule has 5 heteroatoms. The van der Waals surface area contributed by atoms with E-state index >= 15 is 0 Å². The van der Waals surface area contributed by atoms with E-state index in [9.17, 15) is 4.79 Å². The maximum absolute atomic E-state index is 11.7. The standard InChI is InChI=1S/C14H16N4O/c1-9-7-12(17-14(19)10-3-4-10)16-8-11(9)13-15-5-6-18(13)2/h5-8,10H,3-4H2,1-2H3,(H,16,17,19). The molecule has 0 atom stereocenters. The van der Waals surface area contributed by atoms with Crippen molar-refractivity contribution in [2.75, 3.05) is 5.32 Å². The van der Waals surface area contributed by atoms with Crippen LogP contribution in [0.1, 0.15) is 18.4 Å². The molecule has 1 N–H and O–H groups in total. The van der Waals surface area contributed by atoms with Gasteiger partial charge in [-0.15, -0.1) is 0 Å². The summed E-state index contributed by atoms with van der Waals surface area (Å²) >= 11 is 0. The van der Waals surface area contributed by atoms with E-state index in [4.69, 9.17) is 0 Å². The first-order valence-corrected chi connectivity index (χ1v) is 6.40. The molecule has 5 nitrogen and oxygen atoms in total. The van der Waals surface area contributed by atoms with Crippen molar-refractivity contribution in [3.63, 3.8) is 0 Å². The van der Waals surface area contributed by atoms with E-state index in [1.807, 2.05) is 30.8 Å². The van der Waals surface area contributed by atoms with Crippen molar-refractivity contribution >= 4 is 11.7 Å². The van der Waals surface area contributed by atoms with Gasteiger partial charge in [-0.05, 0) is 31.4 Å². The Morgan fingerprint density at radius 2 is 2.21 bits per heavy atom. The van der Waals surface area contributed by atoms with Crippen LogP contribution in [0.4, 0.5) is 5.82 Å². The van der Waals surface area contributed by atoms with Crippen LogP contribution >= 0.6 is 0 Å². The highest BCUT2D eigenvalue weighted by molar-refractivity contribution is 5.93. The predicted molar refractivity (Wildman–Crippen MR) is 72.5 cm³/mol. The average Bonchev–Trinajstić information content (AvgIpc) is 3.14. The molecule has 1 aliphatic rings. The Labute approximate surface area is 111 Å². The van der Waals surface area contributed by atoms with Crippen LogP contribution in [0.2, 0.25) is 0 Å². The fourth-order valence-electron chi connectivity index (χ4n) is 2.06. The first-order valence-electron chi connectivity index (χ1n) is 6.40. The van der Waals surface area contributed by atoms with Gasteiger partial charge in [-0.3, -0.25) is 4.79 Å². The number of nitrogens with one attached hydrogen (secondary N) is 1. The van der Waals surface area contributed by atoms with Crippen LogP contribution in [0.15, 0.2) is 24.7 Å². The molecule has 3 rings (SSSR count). The summed E-state index contributed by atoms with van der Waals surface area (Å²) in [5.41, 5.74) is 2.03. The molecule has 1 saturated carbocycles. The number of rotatable bonds is 3. The molecule has 0 radical (unpaired) electrons.